The smallest absolute Gasteiger partial charge is 0.107 e. The third-order valence-electron chi connectivity index (χ3n) is 2.36. The summed E-state index contributed by atoms with van der Waals surface area (Å²) < 4.78 is 5.70. The maximum Gasteiger partial charge on any atom is 0.107 e. The van der Waals surface area contributed by atoms with E-state index in [1.165, 1.54) is 0 Å². The Hall–Kier alpha value is -0.450. The fourth-order valence-corrected chi connectivity index (χ4v) is 1.85. The lowest BCUT2D eigenvalue weighted by Gasteiger charge is -2.15. The number of aromatic nitrogens is 1. The van der Waals surface area contributed by atoms with Crippen LogP contribution in [0.2, 0.25) is 0 Å². The number of hydrogen-bond acceptors (Lipinski definition) is 4. The van der Waals surface area contributed by atoms with Crippen molar-refractivity contribution in [1.29, 1.82) is 0 Å². The van der Waals surface area contributed by atoms with Crippen LogP contribution in [0.5, 0.6) is 0 Å². The standard InChI is InChI=1S/C11H20N2OS/c1-8(2)9(3)14-6-10-7-15-11(13-10)5-12-4/h7-9,12H,5-6H2,1-4H3. The van der Waals surface area contributed by atoms with Crippen LogP contribution >= 0.6 is 11.3 Å². The molecule has 0 saturated heterocycles. The molecule has 0 spiro atoms. The van der Waals surface area contributed by atoms with Crippen molar-refractivity contribution in [3.05, 3.63) is 16.1 Å². The normalized spacial score (nSPS) is 13.4. The Kier molecular flexibility index (Phi) is 5.22. The summed E-state index contributed by atoms with van der Waals surface area (Å²) in [5, 5.41) is 6.28. The van der Waals surface area contributed by atoms with E-state index in [2.05, 4.69) is 36.5 Å². The lowest BCUT2D eigenvalue weighted by Crippen LogP contribution is -2.15. The quantitative estimate of drug-likeness (QED) is 0.812. The summed E-state index contributed by atoms with van der Waals surface area (Å²) in [5.41, 5.74) is 1.04. The molecule has 0 aliphatic heterocycles. The van der Waals surface area contributed by atoms with E-state index in [-0.39, 0.29) is 0 Å². The molecule has 0 aliphatic rings. The minimum absolute atomic E-state index is 0.291. The van der Waals surface area contributed by atoms with Gasteiger partial charge in [0.1, 0.15) is 5.01 Å². The zero-order valence-corrected chi connectivity index (χ0v) is 10.7. The molecule has 1 aromatic heterocycles. The monoisotopic (exact) mass is 228 g/mol. The van der Waals surface area contributed by atoms with Gasteiger partial charge in [-0.3, -0.25) is 0 Å². The third kappa shape index (κ3) is 4.28. The second-order valence-electron chi connectivity index (χ2n) is 4.02. The average molecular weight is 228 g/mol. The molecule has 1 N–H and O–H groups in total. The number of nitrogens with zero attached hydrogens (tertiary/aromatic N) is 1. The number of ether oxygens (including phenoxy) is 1. The van der Waals surface area contributed by atoms with Crippen molar-refractivity contribution >= 4 is 11.3 Å². The minimum atomic E-state index is 0.291. The topological polar surface area (TPSA) is 34.2 Å². The molecule has 0 aromatic carbocycles. The number of thiazole rings is 1. The lowest BCUT2D eigenvalue weighted by molar-refractivity contribution is 0.0220. The van der Waals surface area contributed by atoms with Gasteiger partial charge in [-0.15, -0.1) is 11.3 Å². The fraction of sp³-hybridized carbons (Fsp3) is 0.727. The average Bonchev–Trinajstić information content (AvgIpc) is 2.62. The Morgan fingerprint density at radius 3 is 2.80 bits per heavy atom. The molecule has 0 amide bonds. The SMILES string of the molecule is CNCc1nc(COC(C)C(C)C)cs1. The second kappa shape index (κ2) is 6.20. The first kappa shape index (κ1) is 12.6. The highest BCUT2D eigenvalue weighted by atomic mass is 32.1. The predicted octanol–water partition coefficient (Wildman–Crippen LogP) is 2.42. The first-order valence-corrected chi connectivity index (χ1v) is 6.21. The molecule has 1 atom stereocenters. The Morgan fingerprint density at radius 1 is 1.47 bits per heavy atom. The Labute approximate surface area is 95.9 Å². The lowest BCUT2D eigenvalue weighted by atomic mass is 10.1. The van der Waals surface area contributed by atoms with Crippen LogP contribution in [0.1, 0.15) is 31.5 Å². The minimum Gasteiger partial charge on any atom is -0.372 e. The molecule has 3 nitrogen and oxygen atoms in total. The molecule has 1 heterocycles. The highest BCUT2D eigenvalue weighted by molar-refractivity contribution is 7.09. The first-order valence-electron chi connectivity index (χ1n) is 5.33. The molecule has 86 valence electrons. The first-order chi connectivity index (χ1) is 7.13. The van der Waals surface area contributed by atoms with Crippen LogP contribution in [0, 0.1) is 5.92 Å². The molecule has 0 saturated carbocycles. The van der Waals surface area contributed by atoms with Gasteiger partial charge in [-0.05, 0) is 19.9 Å². The summed E-state index contributed by atoms with van der Waals surface area (Å²) in [6.07, 6.45) is 0.291. The van der Waals surface area contributed by atoms with Crippen LogP contribution in [0.3, 0.4) is 0 Å². The summed E-state index contributed by atoms with van der Waals surface area (Å²) in [5.74, 6) is 0.556. The van der Waals surface area contributed by atoms with E-state index >= 15 is 0 Å². The van der Waals surface area contributed by atoms with Crippen molar-refractivity contribution in [3.63, 3.8) is 0 Å². The van der Waals surface area contributed by atoms with Crippen molar-refractivity contribution in [1.82, 2.24) is 10.3 Å². The molecular formula is C11H20N2OS. The largest absolute Gasteiger partial charge is 0.372 e. The van der Waals surface area contributed by atoms with Crippen LogP contribution < -0.4 is 5.32 Å². The van der Waals surface area contributed by atoms with E-state index in [1.807, 2.05) is 7.05 Å². The summed E-state index contributed by atoms with van der Waals surface area (Å²) in [6, 6.07) is 0. The molecule has 0 bridgehead atoms. The van der Waals surface area contributed by atoms with Gasteiger partial charge < -0.3 is 10.1 Å². The van der Waals surface area contributed by atoms with Gasteiger partial charge in [0.15, 0.2) is 0 Å². The van der Waals surface area contributed by atoms with Gasteiger partial charge in [-0.1, -0.05) is 13.8 Å². The number of rotatable bonds is 6. The van der Waals surface area contributed by atoms with E-state index < -0.39 is 0 Å². The Balaban J connectivity index is 2.37. The second-order valence-corrected chi connectivity index (χ2v) is 4.97. The fourth-order valence-electron chi connectivity index (χ4n) is 1.06. The molecule has 0 radical (unpaired) electrons. The van der Waals surface area contributed by atoms with Gasteiger partial charge in [-0.25, -0.2) is 4.98 Å². The Morgan fingerprint density at radius 2 is 2.20 bits per heavy atom. The summed E-state index contributed by atoms with van der Waals surface area (Å²) in [4.78, 5) is 4.46. The van der Waals surface area contributed by atoms with Crippen molar-refractivity contribution in [2.24, 2.45) is 5.92 Å². The predicted molar refractivity (Wildman–Crippen MR) is 64.0 cm³/mol. The van der Waals surface area contributed by atoms with Gasteiger partial charge >= 0.3 is 0 Å². The third-order valence-corrected chi connectivity index (χ3v) is 3.26. The Bertz CT molecular complexity index is 286. The van der Waals surface area contributed by atoms with E-state index in [9.17, 15) is 0 Å². The highest BCUT2D eigenvalue weighted by Gasteiger charge is 2.08. The van der Waals surface area contributed by atoms with E-state index in [1.54, 1.807) is 11.3 Å². The van der Waals surface area contributed by atoms with Gasteiger partial charge in [0.2, 0.25) is 0 Å². The molecule has 15 heavy (non-hydrogen) atoms. The van der Waals surface area contributed by atoms with Crippen molar-refractivity contribution < 1.29 is 4.74 Å². The summed E-state index contributed by atoms with van der Waals surface area (Å²) >= 11 is 1.68. The van der Waals surface area contributed by atoms with Gasteiger partial charge in [0.25, 0.3) is 0 Å². The maximum atomic E-state index is 5.70. The molecule has 1 unspecified atom stereocenters. The van der Waals surface area contributed by atoms with Crippen LogP contribution in [0.25, 0.3) is 0 Å². The molecule has 1 aromatic rings. The van der Waals surface area contributed by atoms with Crippen LogP contribution in [-0.2, 0) is 17.9 Å². The van der Waals surface area contributed by atoms with Crippen molar-refractivity contribution in [2.45, 2.75) is 40.0 Å². The van der Waals surface area contributed by atoms with Crippen molar-refractivity contribution in [2.75, 3.05) is 7.05 Å². The molecule has 0 fully saturated rings. The molecule has 0 aliphatic carbocycles. The van der Waals surface area contributed by atoms with Gasteiger partial charge in [-0.2, -0.15) is 0 Å². The highest BCUT2D eigenvalue weighted by Crippen LogP contribution is 2.13. The maximum absolute atomic E-state index is 5.70. The van der Waals surface area contributed by atoms with E-state index in [0.717, 1.165) is 17.2 Å². The number of nitrogens with one attached hydrogen (secondary N) is 1. The molecule has 1 rings (SSSR count). The van der Waals surface area contributed by atoms with Crippen LogP contribution in [0.15, 0.2) is 5.38 Å². The zero-order chi connectivity index (χ0) is 11.3. The summed E-state index contributed by atoms with van der Waals surface area (Å²) in [6.45, 7) is 7.89. The van der Waals surface area contributed by atoms with Crippen molar-refractivity contribution in [3.8, 4) is 0 Å². The molecule has 4 heteroatoms. The van der Waals surface area contributed by atoms with Crippen LogP contribution in [0.4, 0.5) is 0 Å². The number of hydrogen-bond donors (Lipinski definition) is 1. The van der Waals surface area contributed by atoms with E-state index in [4.69, 9.17) is 4.74 Å². The van der Waals surface area contributed by atoms with Gasteiger partial charge in [0.05, 0.1) is 18.4 Å². The van der Waals surface area contributed by atoms with Crippen LogP contribution in [-0.4, -0.2) is 18.1 Å². The van der Waals surface area contributed by atoms with E-state index in [0.29, 0.717) is 18.6 Å². The molecular weight excluding hydrogens is 208 g/mol. The van der Waals surface area contributed by atoms with Gasteiger partial charge in [0, 0.05) is 11.9 Å². The zero-order valence-electron chi connectivity index (χ0n) is 9.91. The summed E-state index contributed by atoms with van der Waals surface area (Å²) in [7, 11) is 1.93.